The summed E-state index contributed by atoms with van der Waals surface area (Å²) in [5.41, 5.74) is 4.34. The number of anilines is 1. The maximum atomic E-state index is 12.9. The molecule has 1 aliphatic heterocycles. The summed E-state index contributed by atoms with van der Waals surface area (Å²) in [5, 5.41) is 2.27. The molecule has 0 atom stereocenters. The molecule has 1 saturated heterocycles. The fourth-order valence-electron chi connectivity index (χ4n) is 3.81. The molecular formula is C28H26N2O5S. The van der Waals surface area contributed by atoms with Crippen molar-refractivity contribution in [2.24, 2.45) is 0 Å². The molecule has 184 valence electrons. The third-order valence-corrected chi connectivity index (χ3v) is 6.31. The quantitative estimate of drug-likeness (QED) is 0.406. The fourth-order valence-corrected chi connectivity index (χ4v) is 4.65. The molecule has 0 unspecified atom stereocenters. The molecule has 1 fully saturated rings. The second-order valence-electron chi connectivity index (χ2n) is 8.38. The topological polar surface area (TPSA) is 84.9 Å². The number of imide groups is 1. The monoisotopic (exact) mass is 502 g/mol. The van der Waals surface area contributed by atoms with Crippen LogP contribution in [0.15, 0.2) is 71.6 Å². The summed E-state index contributed by atoms with van der Waals surface area (Å²) in [6.45, 7) is 3.89. The van der Waals surface area contributed by atoms with Crippen molar-refractivity contribution in [1.29, 1.82) is 0 Å². The van der Waals surface area contributed by atoms with Gasteiger partial charge in [0.25, 0.3) is 11.1 Å². The SMILES string of the molecule is COc1cc(/C=C2/SC(=O)N(CC(=O)Nc3cc(C)cc(C)c3)C2=O)ccc1OCc1ccccc1. The maximum Gasteiger partial charge on any atom is 0.294 e. The highest BCUT2D eigenvalue weighted by atomic mass is 32.2. The molecule has 0 spiro atoms. The van der Waals surface area contributed by atoms with Gasteiger partial charge in [-0.1, -0.05) is 42.5 Å². The Morgan fingerprint density at radius 1 is 0.972 bits per heavy atom. The minimum Gasteiger partial charge on any atom is -0.493 e. The Balaban J connectivity index is 1.43. The summed E-state index contributed by atoms with van der Waals surface area (Å²) in [4.78, 5) is 39.1. The molecule has 0 saturated carbocycles. The zero-order valence-corrected chi connectivity index (χ0v) is 21.1. The van der Waals surface area contributed by atoms with Crippen LogP contribution in [0.1, 0.15) is 22.3 Å². The Bertz CT molecular complexity index is 1320. The molecule has 0 bridgehead atoms. The number of aryl methyl sites for hydroxylation is 2. The number of ether oxygens (including phenoxy) is 2. The number of methoxy groups -OCH3 is 1. The first kappa shape index (κ1) is 25.1. The van der Waals surface area contributed by atoms with Crippen LogP contribution in [0.5, 0.6) is 11.5 Å². The first-order valence-electron chi connectivity index (χ1n) is 11.3. The molecule has 3 aromatic carbocycles. The van der Waals surface area contributed by atoms with Crippen LogP contribution in [0, 0.1) is 13.8 Å². The second-order valence-corrected chi connectivity index (χ2v) is 9.37. The average Bonchev–Trinajstić information content (AvgIpc) is 3.10. The predicted octanol–water partition coefficient (Wildman–Crippen LogP) is 5.57. The van der Waals surface area contributed by atoms with Crippen LogP contribution in [0.25, 0.3) is 6.08 Å². The number of carbonyl (C=O) groups is 3. The van der Waals surface area contributed by atoms with Crippen molar-refractivity contribution >= 4 is 40.6 Å². The van der Waals surface area contributed by atoms with Crippen molar-refractivity contribution in [2.45, 2.75) is 20.5 Å². The van der Waals surface area contributed by atoms with Gasteiger partial charge in [-0.25, -0.2) is 0 Å². The van der Waals surface area contributed by atoms with Crippen molar-refractivity contribution in [3.8, 4) is 11.5 Å². The van der Waals surface area contributed by atoms with E-state index in [1.165, 1.54) is 7.11 Å². The van der Waals surface area contributed by atoms with E-state index in [4.69, 9.17) is 9.47 Å². The van der Waals surface area contributed by atoms with Gasteiger partial charge in [0.1, 0.15) is 13.2 Å². The number of nitrogens with one attached hydrogen (secondary N) is 1. The molecule has 4 rings (SSSR count). The van der Waals surface area contributed by atoms with E-state index in [0.717, 1.165) is 33.4 Å². The highest BCUT2D eigenvalue weighted by Crippen LogP contribution is 2.34. The number of hydrogen-bond donors (Lipinski definition) is 1. The number of carbonyl (C=O) groups excluding carboxylic acids is 3. The maximum absolute atomic E-state index is 12.9. The predicted molar refractivity (Wildman–Crippen MR) is 141 cm³/mol. The summed E-state index contributed by atoms with van der Waals surface area (Å²) in [5.74, 6) is 0.121. The molecule has 8 heteroatoms. The van der Waals surface area contributed by atoms with Crippen LogP contribution in [0.4, 0.5) is 10.5 Å². The van der Waals surface area contributed by atoms with Gasteiger partial charge in [0, 0.05) is 5.69 Å². The number of benzene rings is 3. The number of nitrogens with zero attached hydrogens (tertiary/aromatic N) is 1. The van der Waals surface area contributed by atoms with Gasteiger partial charge in [-0.15, -0.1) is 0 Å². The first-order valence-corrected chi connectivity index (χ1v) is 12.1. The normalized spacial score (nSPS) is 14.3. The van der Waals surface area contributed by atoms with Gasteiger partial charge in [-0.05, 0) is 78.2 Å². The van der Waals surface area contributed by atoms with Gasteiger partial charge in [0.2, 0.25) is 5.91 Å². The van der Waals surface area contributed by atoms with Gasteiger partial charge < -0.3 is 14.8 Å². The summed E-state index contributed by atoms with van der Waals surface area (Å²) in [7, 11) is 1.54. The first-order chi connectivity index (χ1) is 17.3. The largest absolute Gasteiger partial charge is 0.493 e. The van der Waals surface area contributed by atoms with E-state index in [-0.39, 0.29) is 11.4 Å². The van der Waals surface area contributed by atoms with Gasteiger partial charge >= 0.3 is 0 Å². The van der Waals surface area contributed by atoms with Gasteiger partial charge in [0.05, 0.1) is 12.0 Å². The van der Waals surface area contributed by atoms with Crippen LogP contribution in [0.2, 0.25) is 0 Å². The molecule has 1 N–H and O–H groups in total. The Hall–Kier alpha value is -4.04. The highest BCUT2D eigenvalue weighted by Gasteiger charge is 2.36. The lowest BCUT2D eigenvalue weighted by Crippen LogP contribution is -2.36. The van der Waals surface area contributed by atoms with E-state index in [1.807, 2.05) is 62.4 Å². The van der Waals surface area contributed by atoms with E-state index in [9.17, 15) is 14.4 Å². The Labute approximate surface area is 214 Å². The lowest BCUT2D eigenvalue weighted by molar-refractivity contribution is -0.127. The molecule has 1 heterocycles. The Morgan fingerprint density at radius 2 is 1.69 bits per heavy atom. The van der Waals surface area contributed by atoms with E-state index in [0.29, 0.717) is 29.4 Å². The minimum absolute atomic E-state index is 0.235. The molecule has 0 aromatic heterocycles. The van der Waals surface area contributed by atoms with E-state index in [1.54, 1.807) is 24.3 Å². The molecule has 7 nitrogen and oxygen atoms in total. The summed E-state index contributed by atoms with van der Waals surface area (Å²) >= 11 is 0.801. The van der Waals surface area contributed by atoms with E-state index in [2.05, 4.69) is 5.32 Å². The lowest BCUT2D eigenvalue weighted by Gasteiger charge is -2.13. The Kier molecular flexibility index (Phi) is 7.75. The number of rotatable bonds is 8. The summed E-state index contributed by atoms with van der Waals surface area (Å²) < 4.78 is 11.3. The molecule has 0 aliphatic carbocycles. The molecule has 3 amide bonds. The molecular weight excluding hydrogens is 476 g/mol. The fraction of sp³-hybridized carbons (Fsp3) is 0.179. The third-order valence-electron chi connectivity index (χ3n) is 5.40. The van der Waals surface area contributed by atoms with Crippen molar-refractivity contribution in [1.82, 2.24) is 4.90 Å². The van der Waals surface area contributed by atoms with Crippen LogP contribution in [0.3, 0.4) is 0 Å². The second kappa shape index (κ2) is 11.1. The number of thioether (sulfide) groups is 1. The minimum atomic E-state index is -0.510. The van der Waals surface area contributed by atoms with Crippen LogP contribution >= 0.6 is 11.8 Å². The zero-order chi connectivity index (χ0) is 25.7. The zero-order valence-electron chi connectivity index (χ0n) is 20.2. The average molecular weight is 503 g/mol. The molecule has 36 heavy (non-hydrogen) atoms. The van der Waals surface area contributed by atoms with Crippen LogP contribution < -0.4 is 14.8 Å². The lowest BCUT2D eigenvalue weighted by atomic mass is 10.1. The molecule has 1 aliphatic rings. The third kappa shape index (κ3) is 6.14. The summed E-state index contributed by atoms with van der Waals surface area (Å²) in [6, 6.07) is 20.7. The van der Waals surface area contributed by atoms with Crippen molar-refractivity contribution < 1.29 is 23.9 Å². The summed E-state index contributed by atoms with van der Waals surface area (Å²) in [6.07, 6.45) is 1.61. The number of amides is 3. The van der Waals surface area contributed by atoms with Crippen LogP contribution in [-0.4, -0.2) is 35.6 Å². The highest BCUT2D eigenvalue weighted by molar-refractivity contribution is 8.18. The van der Waals surface area contributed by atoms with Crippen molar-refractivity contribution in [2.75, 3.05) is 19.0 Å². The smallest absolute Gasteiger partial charge is 0.294 e. The van der Waals surface area contributed by atoms with Gasteiger partial charge in [0.15, 0.2) is 11.5 Å². The standard InChI is InChI=1S/C28H26N2O5S/c1-18-11-19(2)13-22(12-18)29-26(31)16-30-27(32)25(36-28(30)33)15-21-9-10-23(24(14-21)34-3)35-17-20-7-5-4-6-8-20/h4-15H,16-17H2,1-3H3,(H,29,31)/b25-15+. The number of hydrogen-bond acceptors (Lipinski definition) is 6. The van der Waals surface area contributed by atoms with Gasteiger partial charge in [-0.2, -0.15) is 0 Å². The van der Waals surface area contributed by atoms with Crippen LogP contribution in [-0.2, 0) is 16.2 Å². The molecule has 3 aromatic rings. The van der Waals surface area contributed by atoms with E-state index < -0.39 is 17.1 Å². The van der Waals surface area contributed by atoms with E-state index >= 15 is 0 Å². The van der Waals surface area contributed by atoms with Crippen molar-refractivity contribution in [3.05, 3.63) is 93.9 Å². The Morgan fingerprint density at radius 3 is 2.39 bits per heavy atom. The van der Waals surface area contributed by atoms with Gasteiger partial charge in [-0.3, -0.25) is 19.3 Å². The molecule has 0 radical (unpaired) electrons. The van der Waals surface area contributed by atoms with Crippen molar-refractivity contribution in [3.63, 3.8) is 0 Å².